The Kier molecular flexibility index (Phi) is 3.17. The summed E-state index contributed by atoms with van der Waals surface area (Å²) in [5.74, 6) is -0.238. The molecule has 1 aromatic rings. The van der Waals surface area contributed by atoms with Crippen molar-refractivity contribution >= 4 is 46.0 Å². The van der Waals surface area contributed by atoms with Crippen molar-refractivity contribution in [2.45, 2.75) is 6.92 Å². The van der Waals surface area contributed by atoms with E-state index in [1.807, 2.05) is 28.7 Å². The molecule has 66 valence electrons. The number of halogens is 1. The summed E-state index contributed by atoms with van der Waals surface area (Å²) in [5, 5.41) is 8.74. The molecule has 0 fully saturated rings. The Morgan fingerprint density at radius 2 is 2.31 bits per heavy atom. The first-order valence-electron chi connectivity index (χ1n) is 3.30. The molecular weight excluding hydrogens is 301 g/mol. The second-order valence-electron chi connectivity index (χ2n) is 2.28. The maximum absolute atomic E-state index is 11.1. The molecule has 0 radical (unpaired) electrons. The van der Waals surface area contributed by atoms with Crippen LogP contribution in [0.15, 0.2) is 0 Å². The molecule has 13 heavy (non-hydrogen) atoms. The predicted octanol–water partition coefficient (Wildman–Crippen LogP) is 2.24. The second kappa shape index (κ2) is 3.98. The molecule has 1 heterocycles. The lowest BCUT2D eigenvalue weighted by molar-refractivity contribution is 0.101. The topological polar surface area (TPSA) is 57.9 Å². The van der Waals surface area contributed by atoms with Gasteiger partial charge in [0.1, 0.15) is 6.07 Å². The molecule has 0 bridgehead atoms. The lowest BCUT2D eigenvalue weighted by Gasteiger charge is -1.91. The molecule has 1 aromatic heterocycles. The third-order valence-electron chi connectivity index (χ3n) is 1.46. The summed E-state index contributed by atoms with van der Waals surface area (Å²) >= 11 is 3.12. The highest BCUT2D eigenvalue weighted by Gasteiger charge is 2.19. The summed E-state index contributed by atoms with van der Waals surface area (Å²) in [6, 6.07) is 1.92. The van der Waals surface area contributed by atoms with E-state index in [1.54, 1.807) is 0 Å². The van der Waals surface area contributed by atoms with E-state index in [4.69, 9.17) is 5.26 Å². The molecule has 0 saturated heterocycles. The fourth-order valence-electron chi connectivity index (χ4n) is 0.952. The Balaban J connectivity index is 3.52. The minimum atomic E-state index is -0.238. The van der Waals surface area contributed by atoms with E-state index in [1.165, 1.54) is 18.3 Å². The normalized spacial score (nSPS) is 9.31. The van der Waals surface area contributed by atoms with Crippen LogP contribution < -0.4 is 0 Å². The van der Waals surface area contributed by atoms with Crippen molar-refractivity contribution in [3.05, 3.63) is 18.9 Å². The van der Waals surface area contributed by atoms with Crippen molar-refractivity contribution in [3.8, 4) is 6.07 Å². The number of carbonyl (C=O) groups excluding carboxylic acids is 2. The number of thiophene rings is 1. The van der Waals surface area contributed by atoms with Gasteiger partial charge in [-0.05, 0) is 29.5 Å². The monoisotopic (exact) mass is 305 g/mol. The molecule has 0 amide bonds. The molecule has 3 nitrogen and oxygen atoms in total. The van der Waals surface area contributed by atoms with Gasteiger partial charge in [0.25, 0.3) is 0 Å². The van der Waals surface area contributed by atoms with Crippen molar-refractivity contribution in [3.63, 3.8) is 0 Å². The van der Waals surface area contributed by atoms with Gasteiger partial charge in [0.05, 0.1) is 18.9 Å². The van der Waals surface area contributed by atoms with Crippen LogP contribution in [0.2, 0.25) is 0 Å². The third kappa shape index (κ3) is 1.78. The van der Waals surface area contributed by atoms with Crippen molar-refractivity contribution in [1.82, 2.24) is 0 Å². The maximum Gasteiger partial charge on any atom is 0.162 e. The van der Waals surface area contributed by atoms with Gasteiger partial charge < -0.3 is 0 Å². The van der Waals surface area contributed by atoms with Gasteiger partial charge in [-0.2, -0.15) is 5.26 Å². The van der Waals surface area contributed by atoms with Crippen molar-refractivity contribution in [2.24, 2.45) is 0 Å². The number of Topliss-reactive ketones (excluding diaryl/α,β-unsaturated/α-hetero) is 1. The maximum atomic E-state index is 11.1. The lowest BCUT2D eigenvalue weighted by Crippen LogP contribution is -1.97. The first-order valence-corrected chi connectivity index (χ1v) is 5.19. The van der Waals surface area contributed by atoms with E-state index in [0.717, 1.165) is 0 Å². The number of carbonyl (C=O) groups is 2. The van der Waals surface area contributed by atoms with E-state index in [0.29, 0.717) is 19.6 Å². The molecule has 0 aliphatic rings. The van der Waals surface area contributed by atoms with Gasteiger partial charge in [-0.25, -0.2) is 0 Å². The molecule has 0 atom stereocenters. The van der Waals surface area contributed by atoms with Crippen LogP contribution in [0.4, 0.5) is 0 Å². The summed E-state index contributed by atoms with van der Waals surface area (Å²) in [7, 11) is 0. The standard InChI is InChI=1S/C8H4INO2S/c1-4(12)7-5(2-10)8(9)13-6(7)3-11/h3H,1H3. The van der Waals surface area contributed by atoms with E-state index >= 15 is 0 Å². The minimum Gasteiger partial charge on any atom is -0.297 e. The molecule has 0 unspecified atom stereocenters. The highest BCUT2D eigenvalue weighted by atomic mass is 127. The summed E-state index contributed by atoms with van der Waals surface area (Å²) in [6.45, 7) is 1.35. The zero-order valence-electron chi connectivity index (χ0n) is 6.63. The Labute approximate surface area is 92.5 Å². The van der Waals surface area contributed by atoms with Gasteiger partial charge in [-0.15, -0.1) is 11.3 Å². The second-order valence-corrected chi connectivity index (χ2v) is 5.14. The molecule has 0 aromatic carbocycles. The van der Waals surface area contributed by atoms with Crippen molar-refractivity contribution in [2.75, 3.05) is 0 Å². The van der Waals surface area contributed by atoms with E-state index in [9.17, 15) is 9.59 Å². The fraction of sp³-hybridized carbons (Fsp3) is 0.125. The van der Waals surface area contributed by atoms with Crippen LogP contribution in [0.1, 0.15) is 32.5 Å². The molecule has 0 aliphatic carbocycles. The number of aldehydes is 1. The first-order chi connectivity index (χ1) is 6.11. The summed E-state index contributed by atoms with van der Waals surface area (Å²) in [6.07, 6.45) is 0.615. The van der Waals surface area contributed by atoms with Gasteiger partial charge in [-0.3, -0.25) is 9.59 Å². The molecular formula is C8H4INO2S. The van der Waals surface area contributed by atoms with Crippen molar-refractivity contribution < 1.29 is 9.59 Å². The molecule has 1 rings (SSSR count). The molecule has 5 heteroatoms. The number of hydrogen-bond donors (Lipinski definition) is 0. The Morgan fingerprint density at radius 1 is 1.69 bits per heavy atom. The van der Waals surface area contributed by atoms with Gasteiger partial charge in [-0.1, -0.05) is 0 Å². The largest absolute Gasteiger partial charge is 0.297 e. The number of hydrogen-bond acceptors (Lipinski definition) is 4. The van der Waals surface area contributed by atoms with Crippen LogP contribution in [0.3, 0.4) is 0 Å². The molecule has 0 N–H and O–H groups in total. The minimum absolute atomic E-state index is 0.238. The highest BCUT2D eigenvalue weighted by molar-refractivity contribution is 14.1. The molecule has 0 saturated carbocycles. The van der Waals surface area contributed by atoms with E-state index < -0.39 is 0 Å². The predicted molar refractivity (Wildman–Crippen MR) is 57.1 cm³/mol. The van der Waals surface area contributed by atoms with Gasteiger partial charge in [0.2, 0.25) is 0 Å². The van der Waals surface area contributed by atoms with Crippen molar-refractivity contribution in [1.29, 1.82) is 5.26 Å². The zero-order chi connectivity index (χ0) is 10.0. The first kappa shape index (κ1) is 10.3. The number of nitrogens with zero attached hydrogens (tertiary/aromatic N) is 1. The Hall–Kier alpha value is -0.740. The zero-order valence-corrected chi connectivity index (χ0v) is 9.60. The number of ketones is 1. The van der Waals surface area contributed by atoms with E-state index in [2.05, 4.69) is 0 Å². The van der Waals surface area contributed by atoms with Crippen LogP contribution in [-0.4, -0.2) is 12.1 Å². The Bertz CT molecular complexity index is 417. The molecule has 0 aliphatic heterocycles. The number of rotatable bonds is 2. The fourth-order valence-corrected chi connectivity index (χ4v) is 2.89. The SMILES string of the molecule is CC(=O)c1c(C=O)sc(I)c1C#N. The summed E-state index contributed by atoms with van der Waals surface area (Å²) < 4.78 is 0.687. The third-order valence-corrected chi connectivity index (χ3v) is 3.57. The summed E-state index contributed by atoms with van der Waals surface area (Å²) in [4.78, 5) is 22.0. The van der Waals surface area contributed by atoms with Crippen LogP contribution in [0.5, 0.6) is 0 Å². The summed E-state index contributed by atoms with van der Waals surface area (Å²) in [5.41, 5.74) is 0.576. The van der Waals surface area contributed by atoms with Crippen LogP contribution >= 0.6 is 33.9 Å². The Morgan fingerprint density at radius 3 is 2.69 bits per heavy atom. The average molecular weight is 305 g/mol. The van der Waals surface area contributed by atoms with Crippen LogP contribution in [-0.2, 0) is 0 Å². The smallest absolute Gasteiger partial charge is 0.162 e. The van der Waals surface area contributed by atoms with Gasteiger partial charge in [0, 0.05) is 0 Å². The highest BCUT2D eigenvalue weighted by Crippen LogP contribution is 2.28. The van der Waals surface area contributed by atoms with Gasteiger partial charge in [0.15, 0.2) is 12.1 Å². The average Bonchev–Trinajstić information content (AvgIpc) is 2.41. The van der Waals surface area contributed by atoms with Crippen LogP contribution in [0, 0.1) is 14.2 Å². The van der Waals surface area contributed by atoms with Crippen LogP contribution in [0.25, 0.3) is 0 Å². The quantitative estimate of drug-likeness (QED) is 0.478. The van der Waals surface area contributed by atoms with E-state index in [-0.39, 0.29) is 11.3 Å². The number of nitriles is 1. The lowest BCUT2D eigenvalue weighted by atomic mass is 10.1. The van der Waals surface area contributed by atoms with Gasteiger partial charge >= 0.3 is 0 Å². The molecule has 0 spiro atoms.